The summed E-state index contributed by atoms with van der Waals surface area (Å²) in [6, 6.07) is 9.29. The Bertz CT molecular complexity index is 715. The molecule has 1 saturated heterocycles. The fourth-order valence-electron chi connectivity index (χ4n) is 2.45. The van der Waals surface area contributed by atoms with E-state index in [0.717, 1.165) is 34.6 Å². The lowest BCUT2D eigenvalue weighted by Gasteiger charge is -2.27. The summed E-state index contributed by atoms with van der Waals surface area (Å²) in [5.41, 5.74) is 2.45. The molecular formula is C17H18BrN3O2. The molecule has 120 valence electrons. The first-order valence-electron chi connectivity index (χ1n) is 7.50. The average Bonchev–Trinajstić information content (AvgIpc) is 2.59. The topological polar surface area (TPSA) is 54.5 Å². The van der Waals surface area contributed by atoms with Crippen molar-refractivity contribution >= 4 is 33.3 Å². The van der Waals surface area contributed by atoms with Crippen LogP contribution in [0.1, 0.15) is 15.9 Å². The van der Waals surface area contributed by atoms with E-state index in [2.05, 4.69) is 31.1 Å². The number of nitrogens with zero attached hydrogens (tertiary/aromatic N) is 2. The highest BCUT2D eigenvalue weighted by atomic mass is 79.9. The molecule has 0 unspecified atom stereocenters. The van der Waals surface area contributed by atoms with Gasteiger partial charge in [-0.25, -0.2) is 4.98 Å². The van der Waals surface area contributed by atoms with Crippen LogP contribution in [-0.4, -0.2) is 37.2 Å². The standard InChI is InChI=1S/C17H18BrN3O2/c1-12-10-14(2-3-15(12)18)20-17(22)13-4-5-19-16(11-13)21-6-8-23-9-7-21/h2-5,10-11H,6-9H2,1H3,(H,20,22). The SMILES string of the molecule is Cc1cc(NC(=O)c2ccnc(N3CCOCC3)c2)ccc1Br. The summed E-state index contributed by atoms with van der Waals surface area (Å²) in [6.45, 7) is 4.96. The number of pyridine rings is 1. The van der Waals surface area contributed by atoms with E-state index in [4.69, 9.17) is 4.74 Å². The molecule has 2 heterocycles. The Morgan fingerprint density at radius 3 is 2.78 bits per heavy atom. The van der Waals surface area contributed by atoms with Gasteiger partial charge < -0.3 is 15.0 Å². The fourth-order valence-corrected chi connectivity index (χ4v) is 2.70. The van der Waals surface area contributed by atoms with Crippen LogP contribution in [0.15, 0.2) is 41.0 Å². The quantitative estimate of drug-likeness (QED) is 0.894. The number of amides is 1. The second-order valence-electron chi connectivity index (χ2n) is 5.42. The molecule has 0 radical (unpaired) electrons. The van der Waals surface area contributed by atoms with Gasteiger partial charge >= 0.3 is 0 Å². The number of hydrogen-bond acceptors (Lipinski definition) is 4. The summed E-state index contributed by atoms with van der Waals surface area (Å²) in [6.07, 6.45) is 1.67. The van der Waals surface area contributed by atoms with Crippen LogP contribution in [0.2, 0.25) is 0 Å². The summed E-state index contributed by atoms with van der Waals surface area (Å²) < 4.78 is 6.37. The molecule has 6 heteroatoms. The van der Waals surface area contributed by atoms with Crippen LogP contribution in [0.25, 0.3) is 0 Å². The van der Waals surface area contributed by atoms with E-state index in [1.807, 2.05) is 31.2 Å². The first kappa shape index (κ1) is 16.0. The van der Waals surface area contributed by atoms with Crippen LogP contribution in [-0.2, 0) is 4.74 Å². The van der Waals surface area contributed by atoms with Crippen LogP contribution in [0.4, 0.5) is 11.5 Å². The molecule has 1 aliphatic rings. The Morgan fingerprint density at radius 1 is 1.26 bits per heavy atom. The highest BCUT2D eigenvalue weighted by Gasteiger charge is 2.14. The fraction of sp³-hybridized carbons (Fsp3) is 0.294. The predicted molar refractivity (Wildman–Crippen MR) is 94.1 cm³/mol. The summed E-state index contributed by atoms with van der Waals surface area (Å²) >= 11 is 3.46. The van der Waals surface area contributed by atoms with Crippen molar-refractivity contribution < 1.29 is 9.53 Å². The maximum atomic E-state index is 12.5. The number of carbonyl (C=O) groups is 1. The number of rotatable bonds is 3. The van der Waals surface area contributed by atoms with Gasteiger partial charge in [0.2, 0.25) is 0 Å². The molecule has 1 amide bonds. The van der Waals surface area contributed by atoms with E-state index in [9.17, 15) is 4.79 Å². The molecule has 0 bridgehead atoms. The molecule has 0 atom stereocenters. The predicted octanol–water partition coefficient (Wildman–Crippen LogP) is 3.24. The molecule has 3 rings (SSSR count). The largest absolute Gasteiger partial charge is 0.378 e. The lowest BCUT2D eigenvalue weighted by molar-refractivity contribution is 0.102. The van der Waals surface area contributed by atoms with E-state index in [1.165, 1.54) is 0 Å². The monoisotopic (exact) mass is 375 g/mol. The van der Waals surface area contributed by atoms with Gasteiger partial charge in [0, 0.05) is 35.0 Å². The molecule has 0 spiro atoms. The molecule has 1 aromatic carbocycles. The molecule has 1 N–H and O–H groups in total. The first-order valence-corrected chi connectivity index (χ1v) is 8.29. The van der Waals surface area contributed by atoms with Crippen molar-refractivity contribution in [2.75, 3.05) is 36.5 Å². The van der Waals surface area contributed by atoms with Gasteiger partial charge in [-0.2, -0.15) is 0 Å². The summed E-state index contributed by atoms with van der Waals surface area (Å²) in [7, 11) is 0. The number of hydrogen-bond donors (Lipinski definition) is 1. The van der Waals surface area contributed by atoms with Gasteiger partial charge in [-0.05, 0) is 42.8 Å². The molecular weight excluding hydrogens is 358 g/mol. The number of nitrogens with one attached hydrogen (secondary N) is 1. The molecule has 1 fully saturated rings. The zero-order valence-corrected chi connectivity index (χ0v) is 14.5. The molecule has 23 heavy (non-hydrogen) atoms. The van der Waals surface area contributed by atoms with Crippen molar-refractivity contribution in [3.05, 3.63) is 52.1 Å². The van der Waals surface area contributed by atoms with Gasteiger partial charge in [0.05, 0.1) is 13.2 Å². The van der Waals surface area contributed by atoms with Gasteiger partial charge in [0.1, 0.15) is 5.82 Å². The van der Waals surface area contributed by atoms with Crippen molar-refractivity contribution in [2.24, 2.45) is 0 Å². The highest BCUT2D eigenvalue weighted by Crippen LogP contribution is 2.21. The number of halogens is 1. The first-order chi connectivity index (χ1) is 11.1. The molecule has 1 aromatic heterocycles. The lowest BCUT2D eigenvalue weighted by atomic mass is 10.2. The smallest absolute Gasteiger partial charge is 0.255 e. The number of carbonyl (C=O) groups excluding carboxylic acids is 1. The third kappa shape index (κ3) is 3.89. The zero-order valence-electron chi connectivity index (χ0n) is 12.9. The molecule has 0 aliphatic carbocycles. The van der Waals surface area contributed by atoms with Crippen molar-refractivity contribution in [3.63, 3.8) is 0 Å². The Morgan fingerprint density at radius 2 is 2.04 bits per heavy atom. The van der Waals surface area contributed by atoms with E-state index in [-0.39, 0.29) is 5.91 Å². The molecule has 5 nitrogen and oxygen atoms in total. The second-order valence-corrected chi connectivity index (χ2v) is 6.27. The van der Waals surface area contributed by atoms with E-state index in [1.54, 1.807) is 12.3 Å². The van der Waals surface area contributed by atoms with E-state index < -0.39 is 0 Å². The third-order valence-electron chi connectivity index (χ3n) is 3.76. The Balaban J connectivity index is 1.75. The zero-order chi connectivity index (χ0) is 16.2. The summed E-state index contributed by atoms with van der Waals surface area (Å²) in [4.78, 5) is 18.9. The van der Waals surface area contributed by atoms with Crippen molar-refractivity contribution in [1.29, 1.82) is 0 Å². The highest BCUT2D eigenvalue weighted by molar-refractivity contribution is 9.10. The van der Waals surface area contributed by atoms with Gasteiger partial charge in [-0.3, -0.25) is 4.79 Å². The Labute approximate surface area is 143 Å². The number of aromatic nitrogens is 1. The number of anilines is 2. The van der Waals surface area contributed by atoms with E-state index in [0.29, 0.717) is 18.8 Å². The summed E-state index contributed by atoms with van der Waals surface area (Å²) in [5.74, 6) is 0.677. The van der Waals surface area contributed by atoms with Crippen LogP contribution in [0, 0.1) is 6.92 Å². The van der Waals surface area contributed by atoms with Crippen molar-refractivity contribution in [2.45, 2.75) is 6.92 Å². The minimum atomic E-state index is -0.136. The number of aryl methyl sites for hydroxylation is 1. The minimum absolute atomic E-state index is 0.136. The third-order valence-corrected chi connectivity index (χ3v) is 4.65. The maximum absolute atomic E-state index is 12.5. The number of benzene rings is 1. The molecule has 0 saturated carbocycles. The average molecular weight is 376 g/mol. The molecule has 1 aliphatic heterocycles. The number of morpholine rings is 1. The normalized spacial score (nSPS) is 14.6. The Kier molecular flexibility index (Phi) is 4.93. The van der Waals surface area contributed by atoms with Gasteiger partial charge in [-0.1, -0.05) is 15.9 Å². The summed E-state index contributed by atoms with van der Waals surface area (Å²) in [5, 5.41) is 2.93. The number of ether oxygens (including phenoxy) is 1. The van der Waals surface area contributed by atoms with Crippen LogP contribution < -0.4 is 10.2 Å². The second kappa shape index (κ2) is 7.10. The van der Waals surface area contributed by atoms with Crippen LogP contribution in [0.5, 0.6) is 0 Å². The Hall–Kier alpha value is -1.92. The lowest BCUT2D eigenvalue weighted by Crippen LogP contribution is -2.36. The minimum Gasteiger partial charge on any atom is -0.378 e. The molecule has 2 aromatic rings. The van der Waals surface area contributed by atoms with Gasteiger partial charge in [-0.15, -0.1) is 0 Å². The van der Waals surface area contributed by atoms with Gasteiger partial charge in [0.25, 0.3) is 5.91 Å². The van der Waals surface area contributed by atoms with Crippen molar-refractivity contribution in [3.8, 4) is 0 Å². The van der Waals surface area contributed by atoms with Crippen molar-refractivity contribution in [1.82, 2.24) is 4.98 Å². The van der Waals surface area contributed by atoms with Gasteiger partial charge in [0.15, 0.2) is 0 Å². The van der Waals surface area contributed by atoms with E-state index >= 15 is 0 Å². The maximum Gasteiger partial charge on any atom is 0.255 e. The van der Waals surface area contributed by atoms with Crippen LogP contribution in [0.3, 0.4) is 0 Å². The van der Waals surface area contributed by atoms with Crippen LogP contribution >= 0.6 is 15.9 Å².